The van der Waals surface area contributed by atoms with Crippen LogP contribution >= 0.6 is 0 Å². The Morgan fingerprint density at radius 3 is 2.45 bits per heavy atom. The number of hydrogen-bond donors (Lipinski definition) is 2. The third-order valence-corrected chi connectivity index (χ3v) is 3.94. The van der Waals surface area contributed by atoms with Crippen molar-refractivity contribution in [3.05, 3.63) is 53.6 Å². The first-order valence-corrected chi connectivity index (χ1v) is 7.68. The summed E-state index contributed by atoms with van der Waals surface area (Å²) < 4.78 is 6.12. The molecule has 3 heteroatoms. The Hall–Kier alpha value is -2.42. The van der Waals surface area contributed by atoms with Crippen molar-refractivity contribution in [3.8, 4) is 17.2 Å². The third kappa shape index (κ3) is 2.93. The fourth-order valence-electron chi connectivity index (χ4n) is 2.75. The van der Waals surface area contributed by atoms with Crippen molar-refractivity contribution in [1.29, 1.82) is 0 Å². The summed E-state index contributed by atoms with van der Waals surface area (Å²) in [6.45, 7) is 2.16. The molecule has 0 fully saturated rings. The van der Waals surface area contributed by atoms with Gasteiger partial charge >= 0.3 is 0 Å². The van der Waals surface area contributed by atoms with Gasteiger partial charge in [0.15, 0.2) is 0 Å². The molecule has 3 nitrogen and oxygen atoms in total. The molecule has 0 saturated heterocycles. The molecule has 1 atom stereocenters. The Bertz CT molecular complexity index is 686. The predicted octanol–water partition coefficient (Wildman–Crippen LogP) is 4.59. The number of aromatic hydroxyl groups is 2. The van der Waals surface area contributed by atoms with Crippen LogP contribution in [0.5, 0.6) is 17.2 Å². The van der Waals surface area contributed by atoms with Crippen molar-refractivity contribution < 1.29 is 14.9 Å². The van der Waals surface area contributed by atoms with Gasteiger partial charge in [-0.05, 0) is 48.7 Å². The normalized spacial score (nSPS) is 16.6. The molecule has 0 radical (unpaired) electrons. The smallest absolute Gasteiger partial charge is 0.131 e. The van der Waals surface area contributed by atoms with Crippen LogP contribution in [0.2, 0.25) is 0 Å². The fourth-order valence-corrected chi connectivity index (χ4v) is 2.75. The van der Waals surface area contributed by atoms with Gasteiger partial charge in [0.1, 0.15) is 23.4 Å². The molecule has 0 saturated carbocycles. The zero-order chi connectivity index (χ0) is 15.5. The number of phenols is 2. The Balaban J connectivity index is 2.01. The number of phenolic OH excluding ortho intramolecular Hbond substituents is 2. The highest BCUT2D eigenvalue weighted by Crippen LogP contribution is 2.38. The lowest BCUT2D eigenvalue weighted by atomic mass is 9.92. The molecule has 0 bridgehead atoms. The van der Waals surface area contributed by atoms with Crippen LogP contribution in [-0.2, 0) is 0 Å². The van der Waals surface area contributed by atoms with E-state index in [1.165, 1.54) is 0 Å². The summed E-state index contributed by atoms with van der Waals surface area (Å²) in [5.74, 6) is 1.20. The Morgan fingerprint density at radius 1 is 1.00 bits per heavy atom. The SMILES string of the molecule is CCCCC1Oc2cc(O)ccc2C=C1c1ccc(O)cc1. The number of fused-ring (bicyclic) bond motifs is 1. The van der Waals surface area contributed by atoms with Crippen LogP contribution in [0, 0.1) is 0 Å². The van der Waals surface area contributed by atoms with E-state index in [1.54, 1.807) is 24.3 Å². The first-order chi connectivity index (χ1) is 10.7. The molecule has 2 N–H and O–H groups in total. The monoisotopic (exact) mass is 296 g/mol. The van der Waals surface area contributed by atoms with E-state index in [0.717, 1.165) is 41.7 Å². The summed E-state index contributed by atoms with van der Waals surface area (Å²) in [6, 6.07) is 12.4. The molecule has 3 rings (SSSR count). The molecule has 0 amide bonds. The zero-order valence-corrected chi connectivity index (χ0v) is 12.6. The molecule has 2 aromatic carbocycles. The number of ether oxygens (including phenoxy) is 1. The van der Waals surface area contributed by atoms with Crippen molar-refractivity contribution in [2.24, 2.45) is 0 Å². The van der Waals surface area contributed by atoms with Crippen molar-refractivity contribution >= 4 is 11.6 Å². The molecular formula is C19H20O3. The van der Waals surface area contributed by atoms with Crippen molar-refractivity contribution in [2.45, 2.75) is 32.3 Å². The topological polar surface area (TPSA) is 49.7 Å². The van der Waals surface area contributed by atoms with E-state index in [2.05, 4.69) is 13.0 Å². The van der Waals surface area contributed by atoms with Crippen molar-refractivity contribution in [1.82, 2.24) is 0 Å². The quantitative estimate of drug-likeness (QED) is 0.867. The average molecular weight is 296 g/mol. The molecule has 1 unspecified atom stereocenters. The summed E-state index contributed by atoms with van der Waals surface area (Å²) in [7, 11) is 0. The van der Waals surface area contributed by atoms with Crippen LogP contribution in [-0.4, -0.2) is 16.3 Å². The number of rotatable bonds is 4. The van der Waals surface area contributed by atoms with Gasteiger partial charge in [-0.3, -0.25) is 0 Å². The molecule has 1 aliphatic rings. The third-order valence-electron chi connectivity index (χ3n) is 3.94. The van der Waals surface area contributed by atoms with Crippen LogP contribution in [0.3, 0.4) is 0 Å². The molecule has 1 heterocycles. The van der Waals surface area contributed by atoms with Gasteiger partial charge in [0.05, 0.1) is 0 Å². The van der Waals surface area contributed by atoms with E-state index < -0.39 is 0 Å². The molecule has 114 valence electrons. The fraction of sp³-hybridized carbons (Fsp3) is 0.263. The van der Waals surface area contributed by atoms with Crippen molar-refractivity contribution in [2.75, 3.05) is 0 Å². The average Bonchev–Trinajstić information content (AvgIpc) is 2.53. The second kappa shape index (κ2) is 6.14. The predicted molar refractivity (Wildman–Crippen MR) is 88.0 cm³/mol. The van der Waals surface area contributed by atoms with Gasteiger partial charge in [-0.1, -0.05) is 25.5 Å². The van der Waals surface area contributed by atoms with E-state index >= 15 is 0 Å². The van der Waals surface area contributed by atoms with Crippen LogP contribution in [0.15, 0.2) is 42.5 Å². The number of benzene rings is 2. The summed E-state index contributed by atoms with van der Waals surface area (Å²) >= 11 is 0. The largest absolute Gasteiger partial charge is 0.508 e. The Labute approximate surface area is 130 Å². The maximum atomic E-state index is 9.64. The number of hydrogen-bond acceptors (Lipinski definition) is 3. The van der Waals surface area contributed by atoms with Gasteiger partial charge in [-0.15, -0.1) is 0 Å². The first-order valence-electron chi connectivity index (χ1n) is 7.68. The zero-order valence-electron chi connectivity index (χ0n) is 12.6. The van der Waals surface area contributed by atoms with Gasteiger partial charge < -0.3 is 14.9 Å². The lowest BCUT2D eigenvalue weighted by Gasteiger charge is -2.28. The minimum absolute atomic E-state index is 0.0289. The van der Waals surface area contributed by atoms with Crippen molar-refractivity contribution in [3.63, 3.8) is 0 Å². The summed E-state index contributed by atoms with van der Waals surface area (Å²) in [5, 5.41) is 19.1. The summed E-state index contributed by atoms with van der Waals surface area (Å²) in [6.07, 6.45) is 5.20. The minimum atomic E-state index is -0.0289. The first kappa shape index (κ1) is 14.5. The lowest BCUT2D eigenvalue weighted by molar-refractivity contribution is 0.239. The second-order valence-electron chi connectivity index (χ2n) is 5.62. The molecule has 2 aromatic rings. The molecular weight excluding hydrogens is 276 g/mol. The second-order valence-corrected chi connectivity index (χ2v) is 5.62. The molecule has 0 spiro atoms. The van der Waals surface area contributed by atoms with Gasteiger partial charge in [-0.2, -0.15) is 0 Å². The minimum Gasteiger partial charge on any atom is -0.508 e. The summed E-state index contributed by atoms with van der Waals surface area (Å²) in [5.41, 5.74) is 3.14. The maximum absolute atomic E-state index is 9.64. The standard InChI is InChI=1S/C19H20O3/c1-2-3-4-18-17(13-5-8-15(20)9-6-13)11-14-7-10-16(21)12-19(14)22-18/h5-12,18,20-21H,2-4H2,1H3. The van der Waals surface area contributed by atoms with E-state index in [0.29, 0.717) is 0 Å². The highest BCUT2D eigenvalue weighted by atomic mass is 16.5. The Kier molecular flexibility index (Phi) is 4.05. The van der Waals surface area contributed by atoms with Gasteiger partial charge in [0.25, 0.3) is 0 Å². The molecule has 22 heavy (non-hydrogen) atoms. The van der Waals surface area contributed by atoms with Gasteiger partial charge in [-0.25, -0.2) is 0 Å². The highest BCUT2D eigenvalue weighted by molar-refractivity contribution is 5.87. The van der Waals surface area contributed by atoms with E-state index in [4.69, 9.17) is 4.74 Å². The van der Waals surface area contributed by atoms with Crippen LogP contribution in [0.1, 0.15) is 37.3 Å². The van der Waals surface area contributed by atoms with Crippen LogP contribution < -0.4 is 4.74 Å². The number of unbranched alkanes of at least 4 members (excludes halogenated alkanes) is 1. The molecule has 1 aliphatic heterocycles. The van der Waals surface area contributed by atoms with Gasteiger partial charge in [0, 0.05) is 17.2 Å². The Morgan fingerprint density at radius 2 is 1.73 bits per heavy atom. The highest BCUT2D eigenvalue weighted by Gasteiger charge is 2.23. The molecule has 0 aromatic heterocycles. The van der Waals surface area contributed by atoms with Gasteiger partial charge in [0.2, 0.25) is 0 Å². The van der Waals surface area contributed by atoms with Crippen LogP contribution in [0.4, 0.5) is 0 Å². The maximum Gasteiger partial charge on any atom is 0.131 e. The van der Waals surface area contributed by atoms with Crippen LogP contribution in [0.25, 0.3) is 11.6 Å². The van der Waals surface area contributed by atoms with E-state index in [1.807, 2.05) is 18.2 Å². The molecule has 0 aliphatic carbocycles. The summed E-state index contributed by atoms with van der Waals surface area (Å²) in [4.78, 5) is 0. The van der Waals surface area contributed by atoms with E-state index in [9.17, 15) is 10.2 Å². The lowest BCUT2D eigenvalue weighted by Crippen LogP contribution is -2.21. The van der Waals surface area contributed by atoms with E-state index in [-0.39, 0.29) is 17.6 Å².